The lowest BCUT2D eigenvalue weighted by Gasteiger charge is -2.20. The fourth-order valence-corrected chi connectivity index (χ4v) is 8.64. The summed E-state index contributed by atoms with van der Waals surface area (Å²) >= 11 is 0. The number of amides is 1. The van der Waals surface area contributed by atoms with Crippen LogP contribution >= 0.6 is 0 Å². The van der Waals surface area contributed by atoms with Crippen molar-refractivity contribution in [3.05, 3.63) is 122 Å². The highest BCUT2D eigenvalue weighted by atomic mass is 16.3. The first-order valence-corrected chi connectivity index (χ1v) is 30.2. The molecule has 0 aliphatic carbocycles. The first kappa shape index (κ1) is 67.8. The molecule has 0 aliphatic heterocycles. The molecule has 0 fully saturated rings. The Hall–Kier alpha value is -3.21. The molecule has 71 heavy (non-hydrogen) atoms. The number of rotatable bonds is 54. The number of aliphatic hydroxyl groups is 2. The van der Waals surface area contributed by atoms with Crippen LogP contribution in [0.15, 0.2) is 122 Å². The molecule has 0 rings (SSSR count). The van der Waals surface area contributed by atoms with Crippen molar-refractivity contribution in [3.8, 4) is 0 Å². The molecule has 0 radical (unpaired) electrons. The molecule has 406 valence electrons. The molecule has 3 N–H and O–H groups in total. The molecule has 0 heterocycles. The number of aliphatic hydroxyl groups excluding tert-OH is 2. The van der Waals surface area contributed by atoms with Gasteiger partial charge in [0.25, 0.3) is 0 Å². The van der Waals surface area contributed by atoms with E-state index >= 15 is 0 Å². The van der Waals surface area contributed by atoms with Crippen LogP contribution in [-0.4, -0.2) is 34.9 Å². The van der Waals surface area contributed by atoms with Gasteiger partial charge in [0.15, 0.2) is 0 Å². The monoisotopic (exact) mass is 982 g/mol. The Kier molecular flexibility index (Phi) is 58.3. The lowest BCUT2D eigenvalue weighted by atomic mass is 10.0. The summed E-state index contributed by atoms with van der Waals surface area (Å²) in [6.07, 6.45) is 93.6. The van der Waals surface area contributed by atoms with Crippen molar-refractivity contribution in [2.75, 3.05) is 6.61 Å². The van der Waals surface area contributed by atoms with Gasteiger partial charge in [-0.3, -0.25) is 4.79 Å². The van der Waals surface area contributed by atoms with Crippen molar-refractivity contribution in [3.63, 3.8) is 0 Å². The maximum atomic E-state index is 12.5. The van der Waals surface area contributed by atoms with E-state index in [9.17, 15) is 15.0 Å². The van der Waals surface area contributed by atoms with Crippen LogP contribution < -0.4 is 5.32 Å². The van der Waals surface area contributed by atoms with E-state index in [0.29, 0.717) is 6.42 Å². The molecule has 0 saturated carbocycles. The van der Waals surface area contributed by atoms with Gasteiger partial charge in [-0.15, -0.1) is 0 Å². The Morgan fingerprint density at radius 2 is 0.620 bits per heavy atom. The third-order valence-corrected chi connectivity index (χ3v) is 13.2. The van der Waals surface area contributed by atoms with Crippen molar-refractivity contribution < 1.29 is 15.0 Å². The molecule has 0 aliphatic rings. The van der Waals surface area contributed by atoms with Crippen LogP contribution in [0.1, 0.15) is 277 Å². The molecule has 0 bridgehead atoms. The quantitative estimate of drug-likeness (QED) is 0.0420. The van der Waals surface area contributed by atoms with E-state index in [2.05, 4.69) is 129 Å². The van der Waals surface area contributed by atoms with E-state index in [1.165, 1.54) is 161 Å². The number of carbonyl (C=O) groups excluding carboxylic acids is 1. The Morgan fingerprint density at radius 3 is 0.930 bits per heavy atom. The van der Waals surface area contributed by atoms with Crippen molar-refractivity contribution in [2.24, 2.45) is 0 Å². The normalized spacial score (nSPS) is 13.7. The predicted molar refractivity (Wildman–Crippen MR) is 317 cm³/mol. The standard InChI is InChI=1S/C67H115NO3/c1-3-5-7-9-11-13-15-17-19-21-23-25-27-29-30-31-32-33-34-35-36-37-38-39-41-43-45-47-49-51-53-55-57-59-61-63-67(71)68-65(64-69)66(70)62-60-58-56-54-52-50-48-46-44-42-40-28-26-24-22-20-18-16-14-12-10-8-6-4-2/h5,7,11,13,17,19,23,25,29-30,32-33,35-36,38-39,43,45,60,62,65-66,69-70H,3-4,6,8-10,12,14-16,18,20-22,24,26-28,31,34,37,40-42,44,46-59,61,63-64H2,1-2H3,(H,68,71)/b7-5-,13-11-,19-17-,25-23-,30-29-,33-32-,36-35-,39-38-,45-43-,62-60+. The van der Waals surface area contributed by atoms with Crippen molar-refractivity contribution in [2.45, 2.75) is 289 Å². The number of allylic oxidation sites excluding steroid dienone is 19. The van der Waals surface area contributed by atoms with Gasteiger partial charge in [-0.25, -0.2) is 0 Å². The minimum Gasteiger partial charge on any atom is -0.394 e. The fourth-order valence-electron chi connectivity index (χ4n) is 8.64. The average molecular weight is 983 g/mol. The van der Waals surface area contributed by atoms with Gasteiger partial charge in [0.05, 0.1) is 18.8 Å². The van der Waals surface area contributed by atoms with Crippen LogP contribution in [0, 0.1) is 0 Å². The molecule has 4 heteroatoms. The van der Waals surface area contributed by atoms with Gasteiger partial charge in [0.2, 0.25) is 5.91 Å². The highest BCUT2D eigenvalue weighted by Gasteiger charge is 2.18. The highest BCUT2D eigenvalue weighted by Crippen LogP contribution is 2.16. The summed E-state index contributed by atoms with van der Waals surface area (Å²) in [5, 5.41) is 23.2. The Balaban J connectivity index is 3.61. The zero-order valence-electron chi connectivity index (χ0n) is 46.7. The summed E-state index contributed by atoms with van der Waals surface area (Å²) in [4.78, 5) is 12.5. The summed E-state index contributed by atoms with van der Waals surface area (Å²) in [5.41, 5.74) is 0. The highest BCUT2D eigenvalue weighted by molar-refractivity contribution is 5.76. The summed E-state index contributed by atoms with van der Waals surface area (Å²) in [7, 11) is 0. The zero-order chi connectivity index (χ0) is 51.3. The van der Waals surface area contributed by atoms with Crippen molar-refractivity contribution >= 4 is 5.91 Å². The van der Waals surface area contributed by atoms with Crippen LogP contribution in [0.4, 0.5) is 0 Å². The zero-order valence-corrected chi connectivity index (χ0v) is 46.7. The SMILES string of the molecule is CC/C=C\C/C=C\C/C=C\C/C=C\C/C=C\C/C=C\C/C=C\C/C=C\C/C=C\CCCCCCCCCC(=O)NC(CO)C(O)/C=C/CCCCCCCCCCCCCCCCCCCCCCCC. The molecule has 4 nitrogen and oxygen atoms in total. The van der Waals surface area contributed by atoms with E-state index in [4.69, 9.17) is 0 Å². The van der Waals surface area contributed by atoms with Crippen molar-refractivity contribution in [1.82, 2.24) is 5.32 Å². The molecular weight excluding hydrogens is 867 g/mol. The molecular formula is C67H115NO3. The van der Waals surface area contributed by atoms with E-state index in [0.717, 1.165) is 96.3 Å². The molecule has 2 unspecified atom stereocenters. The van der Waals surface area contributed by atoms with Gasteiger partial charge in [-0.2, -0.15) is 0 Å². The second kappa shape index (κ2) is 61.1. The van der Waals surface area contributed by atoms with Crippen LogP contribution in [0.25, 0.3) is 0 Å². The first-order chi connectivity index (χ1) is 35.2. The van der Waals surface area contributed by atoms with Gasteiger partial charge in [0, 0.05) is 6.42 Å². The molecule has 0 spiro atoms. The van der Waals surface area contributed by atoms with Crippen LogP contribution in [0.2, 0.25) is 0 Å². The Morgan fingerprint density at radius 1 is 0.352 bits per heavy atom. The van der Waals surface area contributed by atoms with Crippen molar-refractivity contribution in [1.29, 1.82) is 0 Å². The maximum Gasteiger partial charge on any atom is 0.220 e. The van der Waals surface area contributed by atoms with E-state index in [1.54, 1.807) is 6.08 Å². The topological polar surface area (TPSA) is 69.6 Å². The van der Waals surface area contributed by atoms with E-state index in [-0.39, 0.29) is 12.5 Å². The minimum atomic E-state index is -0.854. The lowest BCUT2D eigenvalue weighted by Crippen LogP contribution is -2.45. The first-order valence-electron chi connectivity index (χ1n) is 30.2. The number of hydrogen-bond acceptors (Lipinski definition) is 3. The summed E-state index contributed by atoms with van der Waals surface area (Å²) in [5.74, 6) is -0.0778. The predicted octanol–water partition coefficient (Wildman–Crippen LogP) is 20.4. The number of nitrogens with one attached hydrogen (secondary N) is 1. The van der Waals surface area contributed by atoms with Crippen LogP contribution in [0.5, 0.6) is 0 Å². The second-order valence-corrected chi connectivity index (χ2v) is 20.0. The van der Waals surface area contributed by atoms with Gasteiger partial charge < -0.3 is 15.5 Å². The summed E-state index contributed by atoms with van der Waals surface area (Å²) in [6, 6.07) is -0.638. The summed E-state index contributed by atoms with van der Waals surface area (Å²) in [6.45, 7) is 4.20. The lowest BCUT2D eigenvalue weighted by molar-refractivity contribution is -0.123. The Bertz CT molecular complexity index is 1390. The van der Waals surface area contributed by atoms with Gasteiger partial charge >= 0.3 is 0 Å². The minimum absolute atomic E-state index is 0.0778. The van der Waals surface area contributed by atoms with Gasteiger partial charge in [-0.1, -0.05) is 302 Å². The summed E-state index contributed by atoms with van der Waals surface area (Å²) < 4.78 is 0. The third-order valence-electron chi connectivity index (χ3n) is 13.2. The molecule has 0 aromatic rings. The molecule has 0 aromatic heterocycles. The largest absolute Gasteiger partial charge is 0.394 e. The number of hydrogen-bond donors (Lipinski definition) is 3. The smallest absolute Gasteiger partial charge is 0.220 e. The van der Waals surface area contributed by atoms with Crippen LogP contribution in [-0.2, 0) is 4.79 Å². The molecule has 0 aromatic carbocycles. The third kappa shape index (κ3) is 57.6. The fraction of sp³-hybridized carbons (Fsp3) is 0.687. The molecule has 2 atom stereocenters. The molecule has 1 amide bonds. The maximum absolute atomic E-state index is 12.5. The average Bonchev–Trinajstić information content (AvgIpc) is 3.37. The Labute approximate surface area is 441 Å². The molecule has 0 saturated heterocycles. The van der Waals surface area contributed by atoms with E-state index in [1.807, 2.05) is 6.08 Å². The van der Waals surface area contributed by atoms with E-state index < -0.39 is 12.1 Å². The number of carbonyl (C=O) groups is 1. The van der Waals surface area contributed by atoms with Gasteiger partial charge in [-0.05, 0) is 89.9 Å². The number of unbranched alkanes of at least 4 members (excludes halogenated alkanes) is 29. The second-order valence-electron chi connectivity index (χ2n) is 20.0. The van der Waals surface area contributed by atoms with Gasteiger partial charge in [0.1, 0.15) is 0 Å². The van der Waals surface area contributed by atoms with Crippen LogP contribution in [0.3, 0.4) is 0 Å².